The normalized spacial score (nSPS) is 25.3. The summed E-state index contributed by atoms with van der Waals surface area (Å²) in [7, 11) is 0. The first-order valence-electron chi connectivity index (χ1n) is 6.22. The van der Waals surface area contributed by atoms with Crippen molar-refractivity contribution in [2.24, 2.45) is 17.3 Å². The average Bonchev–Trinajstić information content (AvgIpc) is 2.33. The Morgan fingerprint density at radius 3 is 2.33 bits per heavy atom. The summed E-state index contributed by atoms with van der Waals surface area (Å²) in [5, 5.41) is 10.1. The molecule has 2 atom stereocenters. The van der Waals surface area contributed by atoms with Gasteiger partial charge in [-0.1, -0.05) is 13.8 Å². The zero-order valence-electron chi connectivity index (χ0n) is 11.5. The Labute approximate surface area is 107 Å². The van der Waals surface area contributed by atoms with Gasteiger partial charge in [0.2, 0.25) is 0 Å². The van der Waals surface area contributed by atoms with Gasteiger partial charge in [-0.25, -0.2) is 0 Å². The van der Waals surface area contributed by atoms with Crippen molar-refractivity contribution in [3.05, 3.63) is 11.3 Å². The van der Waals surface area contributed by atoms with E-state index in [1.165, 1.54) is 20.8 Å². The van der Waals surface area contributed by atoms with Gasteiger partial charge < -0.3 is 5.11 Å². The smallest absolute Gasteiger partial charge is 0.180 e. The monoisotopic (exact) mass is 252 g/mol. The fourth-order valence-electron chi connectivity index (χ4n) is 2.09. The number of ketones is 3. The predicted octanol–water partition coefficient (Wildman–Crippen LogP) is 2.23. The van der Waals surface area contributed by atoms with Crippen molar-refractivity contribution in [1.82, 2.24) is 0 Å². The van der Waals surface area contributed by atoms with E-state index in [9.17, 15) is 19.5 Å². The molecule has 0 aromatic carbocycles. The van der Waals surface area contributed by atoms with Crippen LogP contribution in [0.25, 0.3) is 0 Å². The van der Waals surface area contributed by atoms with Gasteiger partial charge in [0.1, 0.15) is 11.3 Å². The van der Waals surface area contributed by atoms with Crippen LogP contribution in [0.4, 0.5) is 0 Å². The van der Waals surface area contributed by atoms with Crippen molar-refractivity contribution in [3.8, 4) is 0 Å². The first-order valence-corrected chi connectivity index (χ1v) is 6.22. The Bertz CT molecular complexity index is 443. The standard InChI is InChI=1S/C14H20O4/c1-6-7(2)10(15)9-11(16)8(3)12(17)14(4,5)13(9)18/h7-8,18H,6H2,1-5H3. The number of hydrogen-bond donors (Lipinski definition) is 1. The number of hydrogen-bond acceptors (Lipinski definition) is 4. The zero-order chi connectivity index (χ0) is 14.2. The Kier molecular flexibility index (Phi) is 3.79. The molecular formula is C14H20O4. The minimum Gasteiger partial charge on any atom is -0.510 e. The van der Waals surface area contributed by atoms with Gasteiger partial charge in [0, 0.05) is 5.92 Å². The molecule has 0 amide bonds. The lowest BCUT2D eigenvalue weighted by molar-refractivity contribution is -0.138. The first kappa shape index (κ1) is 14.6. The number of carbonyl (C=O) groups excluding carboxylic acids is 3. The maximum Gasteiger partial charge on any atom is 0.180 e. The summed E-state index contributed by atoms with van der Waals surface area (Å²) >= 11 is 0. The van der Waals surface area contributed by atoms with E-state index in [1.807, 2.05) is 6.92 Å². The van der Waals surface area contributed by atoms with Gasteiger partial charge >= 0.3 is 0 Å². The molecule has 1 aliphatic rings. The molecule has 18 heavy (non-hydrogen) atoms. The fraction of sp³-hybridized carbons (Fsp3) is 0.643. The second-order valence-corrected chi connectivity index (χ2v) is 5.47. The molecular weight excluding hydrogens is 232 g/mol. The van der Waals surface area contributed by atoms with Crippen LogP contribution in [0.15, 0.2) is 11.3 Å². The zero-order valence-corrected chi connectivity index (χ0v) is 11.5. The largest absolute Gasteiger partial charge is 0.510 e. The maximum atomic E-state index is 12.1. The Morgan fingerprint density at radius 1 is 1.39 bits per heavy atom. The minimum absolute atomic E-state index is 0.179. The van der Waals surface area contributed by atoms with Crippen molar-refractivity contribution in [1.29, 1.82) is 0 Å². The highest BCUT2D eigenvalue weighted by Gasteiger charge is 2.48. The van der Waals surface area contributed by atoms with Crippen molar-refractivity contribution in [2.75, 3.05) is 0 Å². The molecule has 1 N–H and O–H groups in total. The van der Waals surface area contributed by atoms with Gasteiger partial charge in [-0.05, 0) is 27.2 Å². The van der Waals surface area contributed by atoms with Gasteiger partial charge in [-0.15, -0.1) is 0 Å². The molecule has 2 unspecified atom stereocenters. The molecule has 4 nitrogen and oxygen atoms in total. The molecule has 1 rings (SSSR count). The number of Topliss-reactive ketones (excluding diaryl/α,β-unsaturated/α-hetero) is 3. The number of aliphatic hydroxyl groups excluding tert-OH is 1. The number of carbonyl (C=O) groups is 3. The highest BCUT2D eigenvalue weighted by atomic mass is 16.3. The lowest BCUT2D eigenvalue weighted by atomic mass is 9.69. The summed E-state index contributed by atoms with van der Waals surface area (Å²) in [6.45, 7) is 8.12. The number of allylic oxidation sites excluding steroid dienone is 2. The van der Waals surface area contributed by atoms with Crippen LogP contribution in [0, 0.1) is 17.3 Å². The van der Waals surface area contributed by atoms with Crippen LogP contribution in [0.5, 0.6) is 0 Å². The third kappa shape index (κ3) is 2.00. The molecule has 0 saturated carbocycles. The molecule has 4 heteroatoms. The molecule has 0 fully saturated rings. The summed E-state index contributed by atoms with van der Waals surface area (Å²) in [5.74, 6) is -2.83. The van der Waals surface area contributed by atoms with Crippen molar-refractivity contribution < 1.29 is 19.5 Å². The van der Waals surface area contributed by atoms with E-state index in [1.54, 1.807) is 6.92 Å². The third-order valence-corrected chi connectivity index (χ3v) is 3.78. The van der Waals surface area contributed by atoms with E-state index in [2.05, 4.69) is 0 Å². The molecule has 100 valence electrons. The summed E-state index contributed by atoms with van der Waals surface area (Å²) in [5.41, 5.74) is -1.34. The quantitative estimate of drug-likeness (QED) is 0.617. The topological polar surface area (TPSA) is 71.4 Å². The Morgan fingerprint density at radius 2 is 1.89 bits per heavy atom. The average molecular weight is 252 g/mol. The van der Waals surface area contributed by atoms with Crippen molar-refractivity contribution in [2.45, 2.75) is 41.0 Å². The number of aliphatic hydroxyl groups is 1. The van der Waals surface area contributed by atoms with Crippen molar-refractivity contribution in [3.63, 3.8) is 0 Å². The van der Waals surface area contributed by atoms with Crippen LogP contribution in [-0.4, -0.2) is 22.5 Å². The van der Waals surface area contributed by atoms with Crippen LogP contribution in [0.3, 0.4) is 0 Å². The maximum absolute atomic E-state index is 12.1. The molecule has 0 aromatic rings. The lowest BCUT2D eigenvalue weighted by Gasteiger charge is -2.32. The van der Waals surface area contributed by atoms with E-state index < -0.39 is 17.1 Å². The number of rotatable bonds is 3. The van der Waals surface area contributed by atoms with E-state index in [0.717, 1.165) is 0 Å². The van der Waals surface area contributed by atoms with E-state index in [0.29, 0.717) is 6.42 Å². The molecule has 0 aromatic heterocycles. The SMILES string of the molecule is CCC(C)C(=O)C1=C(O)C(C)(C)C(=O)C(C)C1=O. The highest BCUT2D eigenvalue weighted by Crippen LogP contribution is 2.38. The second kappa shape index (κ2) is 4.67. The summed E-state index contributed by atoms with van der Waals surface area (Å²) in [6.07, 6.45) is 0.589. The van der Waals surface area contributed by atoms with E-state index >= 15 is 0 Å². The van der Waals surface area contributed by atoms with Crippen LogP contribution in [-0.2, 0) is 14.4 Å². The molecule has 0 spiro atoms. The molecule has 1 aliphatic carbocycles. The Balaban J connectivity index is 3.39. The molecule has 0 saturated heterocycles. The summed E-state index contributed by atoms with van der Waals surface area (Å²) in [4.78, 5) is 36.1. The van der Waals surface area contributed by atoms with Crippen molar-refractivity contribution >= 4 is 17.3 Å². The summed E-state index contributed by atoms with van der Waals surface area (Å²) in [6, 6.07) is 0. The Hall–Kier alpha value is -1.45. The lowest BCUT2D eigenvalue weighted by Crippen LogP contribution is -2.44. The van der Waals surface area contributed by atoms with Crippen LogP contribution < -0.4 is 0 Å². The van der Waals surface area contributed by atoms with Gasteiger partial charge in [0.15, 0.2) is 17.3 Å². The fourth-order valence-corrected chi connectivity index (χ4v) is 2.09. The second-order valence-electron chi connectivity index (χ2n) is 5.47. The molecule has 0 heterocycles. The minimum atomic E-state index is -1.16. The van der Waals surface area contributed by atoms with Gasteiger partial charge in [-0.2, -0.15) is 0 Å². The highest BCUT2D eigenvalue weighted by molar-refractivity contribution is 6.28. The van der Waals surface area contributed by atoms with Gasteiger partial charge in [-0.3, -0.25) is 14.4 Å². The van der Waals surface area contributed by atoms with Gasteiger partial charge in [0.25, 0.3) is 0 Å². The first-order chi connectivity index (χ1) is 8.16. The molecule has 0 aliphatic heterocycles. The van der Waals surface area contributed by atoms with Gasteiger partial charge in [0.05, 0.1) is 11.3 Å². The third-order valence-electron chi connectivity index (χ3n) is 3.78. The molecule has 0 bridgehead atoms. The van der Waals surface area contributed by atoms with E-state index in [-0.39, 0.29) is 28.8 Å². The van der Waals surface area contributed by atoms with Crippen LogP contribution in [0.1, 0.15) is 41.0 Å². The predicted molar refractivity (Wildman–Crippen MR) is 67.1 cm³/mol. The molecule has 0 radical (unpaired) electrons. The summed E-state index contributed by atoms with van der Waals surface area (Å²) < 4.78 is 0. The van der Waals surface area contributed by atoms with Crippen LogP contribution in [0.2, 0.25) is 0 Å². The van der Waals surface area contributed by atoms with Crippen LogP contribution >= 0.6 is 0 Å². The van der Waals surface area contributed by atoms with E-state index in [4.69, 9.17) is 0 Å².